The Hall–Kier alpha value is -1.10. The Bertz CT molecular complexity index is 261. The second-order valence-corrected chi connectivity index (χ2v) is 4.28. The molecule has 0 unspecified atom stereocenters. The minimum absolute atomic E-state index is 0.000735. The first-order valence-corrected chi connectivity index (χ1v) is 6.74. The predicted molar refractivity (Wildman–Crippen MR) is 73.4 cm³/mol. The minimum atomic E-state index is -0.000735. The quantitative estimate of drug-likeness (QED) is 0.641. The van der Waals surface area contributed by atoms with Gasteiger partial charge in [0.15, 0.2) is 0 Å². The molecule has 5 heteroatoms. The maximum atomic E-state index is 11.9. The van der Waals surface area contributed by atoms with Crippen LogP contribution in [0.25, 0.3) is 0 Å². The van der Waals surface area contributed by atoms with Gasteiger partial charge < -0.3 is 9.80 Å². The maximum absolute atomic E-state index is 11.9. The van der Waals surface area contributed by atoms with E-state index in [-0.39, 0.29) is 18.4 Å². The van der Waals surface area contributed by atoms with E-state index in [4.69, 9.17) is 0 Å². The maximum Gasteiger partial charge on any atom is 0.242 e. The molecule has 0 heterocycles. The normalized spacial score (nSPS) is 10.6. The van der Waals surface area contributed by atoms with Gasteiger partial charge >= 0.3 is 0 Å². The van der Waals surface area contributed by atoms with Crippen LogP contribution in [0.15, 0.2) is 0 Å². The molecule has 0 saturated heterocycles. The van der Waals surface area contributed by atoms with E-state index in [1.807, 2.05) is 32.6 Å². The largest absolute Gasteiger partial charge is 0.342 e. The van der Waals surface area contributed by atoms with E-state index in [1.54, 1.807) is 11.9 Å². The van der Waals surface area contributed by atoms with Crippen LogP contribution in [0.2, 0.25) is 0 Å². The fourth-order valence-corrected chi connectivity index (χ4v) is 1.73. The Morgan fingerprint density at radius 2 is 1.28 bits per heavy atom. The molecule has 0 fully saturated rings. The molecule has 0 bridgehead atoms. The van der Waals surface area contributed by atoms with Crippen molar-refractivity contribution in [3.8, 4) is 0 Å². The van der Waals surface area contributed by atoms with Gasteiger partial charge in [-0.3, -0.25) is 14.5 Å². The fraction of sp³-hybridized carbons (Fsp3) is 0.846. The molecular weight excluding hydrogens is 230 g/mol. The van der Waals surface area contributed by atoms with Crippen molar-refractivity contribution >= 4 is 11.8 Å². The van der Waals surface area contributed by atoms with Crippen molar-refractivity contribution < 1.29 is 9.59 Å². The predicted octanol–water partition coefficient (Wildman–Crippen LogP) is 0.655. The van der Waals surface area contributed by atoms with E-state index in [9.17, 15) is 9.59 Å². The number of nitrogens with zero attached hydrogens (tertiary/aromatic N) is 3. The summed E-state index contributed by atoms with van der Waals surface area (Å²) in [4.78, 5) is 29.1. The van der Waals surface area contributed by atoms with Crippen molar-refractivity contribution in [2.24, 2.45) is 0 Å². The van der Waals surface area contributed by atoms with Gasteiger partial charge in [0, 0.05) is 20.1 Å². The first-order chi connectivity index (χ1) is 8.49. The number of likely N-dealkylation sites (N-methyl/N-ethyl adjacent to an activating group) is 3. The molecule has 0 aliphatic rings. The molecule has 18 heavy (non-hydrogen) atoms. The molecule has 5 nitrogen and oxygen atoms in total. The van der Waals surface area contributed by atoms with Gasteiger partial charge in [0.05, 0.1) is 13.1 Å². The van der Waals surface area contributed by atoms with E-state index in [1.165, 1.54) is 4.90 Å². The molecule has 0 aromatic rings. The number of hydrogen-bond donors (Lipinski definition) is 0. The number of carbonyl (C=O) groups excluding carboxylic acids is 2. The van der Waals surface area contributed by atoms with Crippen LogP contribution in [-0.2, 0) is 9.59 Å². The number of carbonyl (C=O) groups is 2. The highest BCUT2D eigenvalue weighted by Gasteiger charge is 2.17. The van der Waals surface area contributed by atoms with Crippen LogP contribution in [0.5, 0.6) is 0 Å². The molecule has 0 saturated carbocycles. The lowest BCUT2D eigenvalue weighted by atomic mass is 10.4. The average Bonchev–Trinajstić information content (AvgIpc) is 2.36. The lowest BCUT2D eigenvalue weighted by Gasteiger charge is -2.25. The van der Waals surface area contributed by atoms with Gasteiger partial charge in [-0.1, -0.05) is 13.8 Å². The molecule has 2 amide bonds. The SMILES string of the molecule is CCN(CC)CC(=O)N(C)CC(=O)N(CC)CC. The molecule has 0 aliphatic heterocycles. The highest BCUT2D eigenvalue weighted by molar-refractivity contribution is 5.85. The van der Waals surface area contributed by atoms with E-state index in [0.717, 1.165) is 13.1 Å². The molecule has 0 spiro atoms. The smallest absolute Gasteiger partial charge is 0.242 e. The monoisotopic (exact) mass is 257 g/mol. The summed E-state index contributed by atoms with van der Waals surface area (Å²) in [6.45, 7) is 11.6. The zero-order valence-corrected chi connectivity index (χ0v) is 12.4. The second kappa shape index (κ2) is 8.91. The first kappa shape index (κ1) is 16.9. The molecule has 0 N–H and O–H groups in total. The lowest BCUT2D eigenvalue weighted by molar-refractivity contribution is -0.139. The Morgan fingerprint density at radius 1 is 0.778 bits per heavy atom. The summed E-state index contributed by atoms with van der Waals surface area (Å²) in [6, 6.07) is 0. The number of rotatable bonds is 8. The van der Waals surface area contributed by atoms with Crippen LogP contribution >= 0.6 is 0 Å². The Labute approximate surface area is 111 Å². The summed E-state index contributed by atoms with van der Waals surface area (Å²) in [7, 11) is 1.69. The van der Waals surface area contributed by atoms with Crippen LogP contribution in [0.4, 0.5) is 0 Å². The van der Waals surface area contributed by atoms with E-state index in [0.29, 0.717) is 19.6 Å². The van der Waals surface area contributed by atoms with Gasteiger partial charge in [0.25, 0.3) is 0 Å². The molecule has 0 rings (SSSR count). The van der Waals surface area contributed by atoms with Gasteiger partial charge in [0.1, 0.15) is 0 Å². The molecule has 0 radical (unpaired) electrons. The standard InChI is InChI=1S/C13H27N3O2/c1-6-15(7-2)11-12(17)14(5)10-13(18)16(8-3)9-4/h6-11H2,1-5H3. The van der Waals surface area contributed by atoms with Gasteiger partial charge in [-0.25, -0.2) is 0 Å². The van der Waals surface area contributed by atoms with Crippen molar-refractivity contribution in [3.63, 3.8) is 0 Å². The van der Waals surface area contributed by atoms with Crippen LogP contribution < -0.4 is 0 Å². The third-order valence-electron chi connectivity index (χ3n) is 3.17. The number of amides is 2. The van der Waals surface area contributed by atoms with Crippen LogP contribution in [-0.4, -0.2) is 72.8 Å². The van der Waals surface area contributed by atoms with Gasteiger partial charge in [0.2, 0.25) is 11.8 Å². The van der Waals surface area contributed by atoms with Crippen molar-refractivity contribution in [2.45, 2.75) is 27.7 Å². The summed E-state index contributed by atoms with van der Waals surface area (Å²) in [5.74, 6) is 0.00889. The highest BCUT2D eigenvalue weighted by Crippen LogP contribution is 1.95. The topological polar surface area (TPSA) is 43.9 Å². The van der Waals surface area contributed by atoms with Gasteiger partial charge in [-0.2, -0.15) is 0 Å². The zero-order chi connectivity index (χ0) is 14.1. The Balaban J connectivity index is 4.26. The summed E-state index contributed by atoms with van der Waals surface area (Å²) in [6.07, 6.45) is 0. The van der Waals surface area contributed by atoms with Crippen LogP contribution in [0.3, 0.4) is 0 Å². The molecule has 0 atom stereocenters. The van der Waals surface area contributed by atoms with Crippen molar-refractivity contribution in [1.82, 2.24) is 14.7 Å². The first-order valence-electron chi connectivity index (χ1n) is 6.74. The average molecular weight is 257 g/mol. The van der Waals surface area contributed by atoms with Gasteiger partial charge in [-0.05, 0) is 26.9 Å². The third-order valence-corrected chi connectivity index (χ3v) is 3.17. The molecule has 0 aromatic heterocycles. The van der Waals surface area contributed by atoms with Crippen LogP contribution in [0.1, 0.15) is 27.7 Å². The number of hydrogen-bond acceptors (Lipinski definition) is 3. The molecule has 0 aliphatic carbocycles. The second-order valence-electron chi connectivity index (χ2n) is 4.28. The molecule has 106 valence electrons. The Kier molecular flexibility index (Phi) is 8.37. The summed E-state index contributed by atoms with van der Waals surface area (Å²) >= 11 is 0. The third kappa shape index (κ3) is 5.49. The Morgan fingerprint density at radius 3 is 1.67 bits per heavy atom. The van der Waals surface area contributed by atoms with Crippen LogP contribution in [0, 0.1) is 0 Å². The van der Waals surface area contributed by atoms with Crippen molar-refractivity contribution in [3.05, 3.63) is 0 Å². The van der Waals surface area contributed by atoms with E-state index >= 15 is 0 Å². The molecule has 0 aromatic carbocycles. The summed E-state index contributed by atoms with van der Waals surface area (Å²) < 4.78 is 0. The fourth-order valence-electron chi connectivity index (χ4n) is 1.73. The van der Waals surface area contributed by atoms with Gasteiger partial charge in [-0.15, -0.1) is 0 Å². The van der Waals surface area contributed by atoms with Crippen molar-refractivity contribution in [1.29, 1.82) is 0 Å². The highest BCUT2D eigenvalue weighted by atomic mass is 16.2. The summed E-state index contributed by atoms with van der Waals surface area (Å²) in [5, 5.41) is 0. The molecular formula is C13H27N3O2. The van der Waals surface area contributed by atoms with Crippen molar-refractivity contribution in [2.75, 3.05) is 46.3 Å². The van der Waals surface area contributed by atoms with E-state index < -0.39 is 0 Å². The lowest BCUT2D eigenvalue weighted by Crippen LogP contribution is -2.44. The minimum Gasteiger partial charge on any atom is -0.342 e. The summed E-state index contributed by atoms with van der Waals surface area (Å²) in [5.41, 5.74) is 0. The zero-order valence-electron chi connectivity index (χ0n) is 12.4. The van der Waals surface area contributed by atoms with E-state index in [2.05, 4.69) is 0 Å².